The van der Waals surface area contributed by atoms with Crippen molar-refractivity contribution in [2.75, 3.05) is 11.1 Å². The fourth-order valence-electron chi connectivity index (χ4n) is 1.24. The third kappa shape index (κ3) is 2.25. The van der Waals surface area contributed by atoms with Crippen LogP contribution >= 0.6 is 0 Å². The summed E-state index contributed by atoms with van der Waals surface area (Å²) in [5.74, 6) is 0.670. The second-order valence-corrected chi connectivity index (χ2v) is 3.29. The highest BCUT2D eigenvalue weighted by Crippen LogP contribution is 2.16. The van der Waals surface area contributed by atoms with Gasteiger partial charge in [-0.05, 0) is 18.6 Å². The fourth-order valence-corrected chi connectivity index (χ4v) is 1.24. The van der Waals surface area contributed by atoms with Gasteiger partial charge in [0.1, 0.15) is 17.8 Å². The molecular weight excluding hydrogens is 192 g/mol. The Morgan fingerprint density at radius 3 is 3.07 bits per heavy atom. The summed E-state index contributed by atoms with van der Waals surface area (Å²) in [7, 11) is 0. The topological polar surface area (TPSA) is 77.0 Å². The third-order valence-corrected chi connectivity index (χ3v) is 1.98. The van der Waals surface area contributed by atoms with E-state index in [9.17, 15) is 0 Å². The van der Waals surface area contributed by atoms with Gasteiger partial charge in [-0.15, -0.1) is 0 Å². The van der Waals surface area contributed by atoms with Crippen molar-refractivity contribution in [3.63, 3.8) is 0 Å². The van der Waals surface area contributed by atoms with Crippen LogP contribution in [0.3, 0.4) is 0 Å². The van der Waals surface area contributed by atoms with Crippen LogP contribution in [0, 0.1) is 6.92 Å². The van der Waals surface area contributed by atoms with Crippen molar-refractivity contribution in [2.45, 2.75) is 13.5 Å². The molecule has 15 heavy (non-hydrogen) atoms. The van der Waals surface area contributed by atoms with Crippen LogP contribution in [0.5, 0.6) is 0 Å². The molecule has 0 atom stereocenters. The van der Waals surface area contributed by atoms with Crippen molar-refractivity contribution in [1.82, 2.24) is 10.1 Å². The molecule has 5 heteroatoms. The SMILES string of the molecule is Cc1cnc(NCc2ccon2)c(N)c1. The molecule has 0 spiro atoms. The smallest absolute Gasteiger partial charge is 0.149 e. The van der Waals surface area contributed by atoms with Gasteiger partial charge in [-0.1, -0.05) is 5.16 Å². The molecule has 2 heterocycles. The largest absolute Gasteiger partial charge is 0.396 e. The molecule has 2 rings (SSSR count). The summed E-state index contributed by atoms with van der Waals surface area (Å²) in [6.07, 6.45) is 3.30. The van der Waals surface area contributed by atoms with E-state index in [0.717, 1.165) is 11.3 Å². The van der Waals surface area contributed by atoms with E-state index in [-0.39, 0.29) is 0 Å². The van der Waals surface area contributed by atoms with Crippen LogP contribution in [0.1, 0.15) is 11.3 Å². The zero-order chi connectivity index (χ0) is 10.7. The van der Waals surface area contributed by atoms with Crippen LogP contribution in [0.4, 0.5) is 11.5 Å². The maximum absolute atomic E-state index is 5.79. The Morgan fingerprint density at radius 2 is 2.40 bits per heavy atom. The third-order valence-electron chi connectivity index (χ3n) is 1.98. The molecule has 0 aromatic carbocycles. The first-order chi connectivity index (χ1) is 7.25. The average molecular weight is 204 g/mol. The molecule has 2 aromatic heterocycles. The Balaban J connectivity index is 2.05. The monoisotopic (exact) mass is 204 g/mol. The molecule has 0 amide bonds. The number of hydrogen-bond donors (Lipinski definition) is 2. The molecule has 0 bridgehead atoms. The van der Waals surface area contributed by atoms with Crippen molar-refractivity contribution < 1.29 is 4.52 Å². The number of nitrogens with zero attached hydrogens (tertiary/aromatic N) is 2. The van der Waals surface area contributed by atoms with E-state index >= 15 is 0 Å². The summed E-state index contributed by atoms with van der Waals surface area (Å²) in [5.41, 5.74) is 8.29. The Morgan fingerprint density at radius 1 is 1.53 bits per heavy atom. The highest BCUT2D eigenvalue weighted by Gasteiger charge is 2.01. The minimum Gasteiger partial charge on any atom is -0.396 e. The molecule has 0 saturated carbocycles. The molecule has 78 valence electrons. The summed E-state index contributed by atoms with van der Waals surface area (Å²) < 4.78 is 4.71. The van der Waals surface area contributed by atoms with E-state index in [1.807, 2.05) is 13.0 Å². The van der Waals surface area contributed by atoms with E-state index in [1.54, 1.807) is 12.3 Å². The van der Waals surface area contributed by atoms with Crippen molar-refractivity contribution in [1.29, 1.82) is 0 Å². The molecular formula is C10H12N4O. The van der Waals surface area contributed by atoms with Gasteiger partial charge >= 0.3 is 0 Å². The molecule has 0 aliphatic rings. The Labute approximate surface area is 87.3 Å². The second kappa shape index (κ2) is 4.00. The second-order valence-electron chi connectivity index (χ2n) is 3.29. The fraction of sp³-hybridized carbons (Fsp3) is 0.200. The molecule has 3 N–H and O–H groups in total. The van der Waals surface area contributed by atoms with E-state index in [2.05, 4.69) is 15.5 Å². The van der Waals surface area contributed by atoms with Gasteiger partial charge in [0.2, 0.25) is 0 Å². The number of aromatic nitrogens is 2. The Bertz CT molecular complexity index is 439. The van der Waals surface area contributed by atoms with Crippen molar-refractivity contribution in [2.24, 2.45) is 0 Å². The molecule has 0 saturated heterocycles. The van der Waals surface area contributed by atoms with E-state index < -0.39 is 0 Å². The maximum Gasteiger partial charge on any atom is 0.149 e. The van der Waals surface area contributed by atoms with Gasteiger partial charge < -0.3 is 15.6 Å². The summed E-state index contributed by atoms with van der Waals surface area (Å²) in [4.78, 5) is 4.18. The lowest BCUT2D eigenvalue weighted by atomic mass is 10.3. The minimum absolute atomic E-state index is 0.552. The van der Waals surface area contributed by atoms with Gasteiger partial charge in [0.25, 0.3) is 0 Å². The van der Waals surface area contributed by atoms with Gasteiger partial charge in [-0.2, -0.15) is 0 Å². The number of anilines is 2. The summed E-state index contributed by atoms with van der Waals surface area (Å²) >= 11 is 0. The molecule has 5 nitrogen and oxygen atoms in total. The summed E-state index contributed by atoms with van der Waals surface area (Å²) in [6.45, 7) is 2.50. The first-order valence-corrected chi connectivity index (χ1v) is 4.61. The van der Waals surface area contributed by atoms with Crippen LogP contribution in [-0.2, 0) is 6.54 Å². The quantitative estimate of drug-likeness (QED) is 0.793. The van der Waals surface area contributed by atoms with Gasteiger partial charge in [0.15, 0.2) is 0 Å². The summed E-state index contributed by atoms with van der Waals surface area (Å²) in [6, 6.07) is 3.66. The number of pyridine rings is 1. The molecule has 0 fully saturated rings. The molecule has 0 aliphatic carbocycles. The average Bonchev–Trinajstić information content (AvgIpc) is 2.69. The minimum atomic E-state index is 0.552. The molecule has 0 unspecified atom stereocenters. The van der Waals surface area contributed by atoms with Gasteiger partial charge in [0, 0.05) is 12.3 Å². The lowest BCUT2D eigenvalue weighted by Crippen LogP contribution is -2.04. The number of rotatable bonds is 3. The van der Waals surface area contributed by atoms with Crippen molar-refractivity contribution in [3.8, 4) is 0 Å². The van der Waals surface area contributed by atoms with Gasteiger partial charge in [-0.3, -0.25) is 0 Å². The van der Waals surface area contributed by atoms with Crippen LogP contribution in [-0.4, -0.2) is 10.1 Å². The van der Waals surface area contributed by atoms with Crippen LogP contribution < -0.4 is 11.1 Å². The lowest BCUT2D eigenvalue weighted by molar-refractivity contribution is 0.412. The number of nitrogens with two attached hydrogens (primary N) is 1. The molecule has 2 aromatic rings. The predicted octanol–water partition coefficient (Wildman–Crippen LogP) is 1.57. The maximum atomic E-state index is 5.79. The number of nitrogen functional groups attached to an aromatic ring is 1. The van der Waals surface area contributed by atoms with Crippen molar-refractivity contribution >= 4 is 11.5 Å². The van der Waals surface area contributed by atoms with Crippen LogP contribution in [0.15, 0.2) is 29.1 Å². The van der Waals surface area contributed by atoms with Gasteiger partial charge in [0.05, 0.1) is 12.2 Å². The van der Waals surface area contributed by atoms with E-state index in [0.29, 0.717) is 18.1 Å². The number of hydrogen-bond acceptors (Lipinski definition) is 5. The van der Waals surface area contributed by atoms with Crippen LogP contribution in [0.25, 0.3) is 0 Å². The highest BCUT2D eigenvalue weighted by molar-refractivity contribution is 5.61. The van der Waals surface area contributed by atoms with Crippen LogP contribution in [0.2, 0.25) is 0 Å². The zero-order valence-electron chi connectivity index (χ0n) is 8.40. The highest BCUT2D eigenvalue weighted by atomic mass is 16.5. The van der Waals surface area contributed by atoms with Crippen molar-refractivity contribution in [3.05, 3.63) is 35.9 Å². The summed E-state index contributed by atoms with van der Waals surface area (Å²) in [5, 5.41) is 6.86. The molecule has 0 radical (unpaired) electrons. The predicted molar refractivity (Wildman–Crippen MR) is 57.2 cm³/mol. The first kappa shape index (κ1) is 9.51. The lowest BCUT2D eigenvalue weighted by Gasteiger charge is -2.06. The first-order valence-electron chi connectivity index (χ1n) is 4.61. The number of aryl methyl sites for hydroxylation is 1. The normalized spacial score (nSPS) is 10.2. The Hall–Kier alpha value is -2.04. The zero-order valence-corrected chi connectivity index (χ0v) is 8.40. The number of nitrogens with one attached hydrogen (secondary N) is 1. The standard InChI is InChI=1S/C10H12N4O/c1-7-4-9(11)10(12-5-7)13-6-8-2-3-15-14-8/h2-5H,6,11H2,1H3,(H,12,13). The van der Waals surface area contributed by atoms with E-state index in [1.165, 1.54) is 6.26 Å². The molecule has 0 aliphatic heterocycles. The van der Waals surface area contributed by atoms with E-state index in [4.69, 9.17) is 10.3 Å². The Kier molecular flexibility index (Phi) is 2.53. The van der Waals surface area contributed by atoms with Gasteiger partial charge in [-0.25, -0.2) is 4.98 Å².